The van der Waals surface area contributed by atoms with E-state index in [9.17, 15) is 15.0 Å². The highest BCUT2D eigenvalue weighted by atomic mass is 16.5. The molecule has 0 aromatic heterocycles. The fourth-order valence-corrected chi connectivity index (χ4v) is 3.41. The van der Waals surface area contributed by atoms with E-state index >= 15 is 0 Å². The second-order valence-electron chi connectivity index (χ2n) is 6.06. The van der Waals surface area contributed by atoms with Gasteiger partial charge in [-0.25, -0.2) is 0 Å². The lowest BCUT2D eigenvalue weighted by molar-refractivity contribution is -0.135. The molecule has 0 bridgehead atoms. The highest BCUT2D eigenvalue weighted by Gasteiger charge is 2.36. The van der Waals surface area contributed by atoms with E-state index in [2.05, 4.69) is 0 Å². The molecule has 128 valence electrons. The first-order valence-corrected chi connectivity index (χ1v) is 7.73. The second kappa shape index (κ2) is 6.11. The molecule has 0 amide bonds. The summed E-state index contributed by atoms with van der Waals surface area (Å²) in [6.45, 7) is 1.99. The zero-order chi connectivity index (χ0) is 17.4. The summed E-state index contributed by atoms with van der Waals surface area (Å²) in [5, 5.41) is 19.8. The normalized spacial score (nSPS) is 23.3. The molecular weight excluding hydrogens is 312 g/mol. The Bertz CT molecular complexity index is 746. The number of benzene rings is 1. The lowest BCUT2D eigenvalue weighted by Crippen LogP contribution is -2.25. The zero-order valence-electron chi connectivity index (χ0n) is 13.8. The number of rotatable bonds is 3. The van der Waals surface area contributed by atoms with Crippen molar-refractivity contribution in [3.05, 3.63) is 40.9 Å². The Morgan fingerprint density at radius 2 is 1.92 bits per heavy atom. The van der Waals surface area contributed by atoms with Crippen LogP contribution in [-0.2, 0) is 9.53 Å². The molecule has 0 radical (unpaired) electrons. The maximum absolute atomic E-state index is 12.0. The van der Waals surface area contributed by atoms with Crippen molar-refractivity contribution in [2.24, 2.45) is 5.92 Å². The molecule has 2 aliphatic rings. The van der Waals surface area contributed by atoms with Gasteiger partial charge in [0.1, 0.15) is 23.0 Å². The van der Waals surface area contributed by atoms with Crippen LogP contribution in [-0.4, -0.2) is 30.4 Å². The highest BCUT2D eigenvalue weighted by Crippen LogP contribution is 2.49. The number of hydrogen-bond donors (Lipinski definition) is 2. The summed E-state index contributed by atoms with van der Waals surface area (Å²) in [6.07, 6.45) is 2.39. The number of carbonyl (C=O) groups excluding carboxylic acids is 1. The molecule has 24 heavy (non-hydrogen) atoms. The van der Waals surface area contributed by atoms with E-state index in [4.69, 9.17) is 14.2 Å². The molecule has 1 heterocycles. The van der Waals surface area contributed by atoms with Crippen LogP contribution < -0.4 is 9.47 Å². The van der Waals surface area contributed by atoms with Gasteiger partial charge in [0.25, 0.3) is 0 Å². The Balaban J connectivity index is 2.15. The molecule has 0 saturated carbocycles. The van der Waals surface area contributed by atoms with Crippen LogP contribution in [0.3, 0.4) is 0 Å². The van der Waals surface area contributed by atoms with Crippen LogP contribution in [0.25, 0.3) is 0 Å². The molecule has 3 rings (SSSR count). The van der Waals surface area contributed by atoms with Gasteiger partial charge >= 0.3 is 5.97 Å². The maximum atomic E-state index is 12.0. The fourth-order valence-electron chi connectivity index (χ4n) is 3.41. The summed E-state index contributed by atoms with van der Waals surface area (Å²) in [5.74, 6) is 0.751. The summed E-state index contributed by atoms with van der Waals surface area (Å²) in [5.41, 5.74) is 1.69. The quantitative estimate of drug-likeness (QED) is 0.653. The molecule has 1 aromatic carbocycles. The minimum Gasteiger partial charge on any atom is -0.508 e. The number of hydrogen-bond acceptors (Lipinski definition) is 6. The van der Waals surface area contributed by atoms with Gasteiger partial charge in [-0.2, -0.15) is 0 Å². The number of carbonyl (C=O) groups is 1. The highest BCUT2D eigenvalue weighted by molar-refractivity contribution is 5.79. The number of phenolic OH excluding ortho intramolecular Hbond substituents is 1. The van der Waals surface area contributed by atoms with E-state index in [1.165, 1.54) is 26.4 Å². The standard InChI is InChI=1S/C18H20O6/c1-9-4-13(20)14(22-2)7-11(9)12-8-17(21)24-16-6-10(19)5-15(23-3)18(12)16/h5-7,9,12,19-20H,4,8H2,1-3H3/t9?,12-/m0/s1. The third-order valence-corrected chi connectivity index (χ3v) is 4.52. The summed E-state index contributed by atoms with van der Waals surface area (Å²) in [6, 6.07) is 2.92. The predicted octanol–water partition coefficient (Wildman–Crippen LogP) is 3.18. The molecule has 0 saturated heterocycles. The first-order chi connectivity index (χ1) is 11.4. The third-order valence-electron chi connectivity index (χ3n) is 4.52. The van der Waals surface area contributed by atoms with Crippen LogP contribution >= 0.6 is 0 Å². The SMILES string of the molecule is COC1=C(O)CC(C)C([C@@H]2CC(=O)Oc3cc(O)cc(OC)c32)=C1. The Morgan fingerprint density at radius 3 is 2.58 bits per heavy atom. The number of ether oxygens (including phenoxy) is 3. The fraction of sp³-hybridized carbons (Fsp3) is 0.389. The number of phenols is 1. The number of allylic oxidation sites excluding steroid dienone is 3. The van der Waals surface area contributed by atoms with Gasteiger partial charge < -0.3 is 24.4 Å². The molecule has 6 nitrogen and oxygen atoms in total. The summed E-state index contributed by atoms with van der Waals surface area (Å²) in [4.78, 5) is 12.0. The topological polar surface area (TPSA) is 85.2 Å². The van der Waals surface area contributed by atoms with Gasteiger partial charge in [-0.3, -0.25) is 4.79 Å². The minimum atomic E-state index is -0.369. The van der Waals surface area contributed by atoms with E-state index in [0.29, 0.717) is 23.7 Å². The minimum absolute atomic E-state index is 0.0279. The summed E-state index contributed by atoms with van der Waals surface area (Å²) in [7, 11) is 3.00. The van der Waals surface area contributed by atoms with E-state index in [-0.39, 0.29) is 35.7 Å². The average molecular weight is 332 g/mol. The number of esters is 1. The number of methoxy groups -OCH3 is 2. The molecule has 2 N–H and O–H groups in total. The number of aliphatic hydroxyl groups excluding tert-OH is 1. The molecule has 1 aromatic rings. The van der Waals surface area contributed by atoms with Gasteiger partial charge in [0.15, 0.2) is 5.76 Å². The van der Waals surface area contributed by atoms with Crippen molar-refractivity contribution in [2.45, 2.75) is 25.7 Å². The monoisotopic (exact) mass is 332 g/mol. The lowest BCUT2D eigenvalue weighted by Gasteiger charge is -2.32. The molecule has 1 aliphatic carbocycles. The second-order valence-corrected chi connectivity index (χ2v) is 6.06. The number of aromatic hydroxyl groups is 1. The van der Waals surface area contributed by atoms with Crippen molar-refractivity contribution < 1.29 is 29.2 Å². The van der Waals surface area contributed by atoms with Gasteiger partial charge in [-0.15, -0.1) is 0 Å². The zero-order valence-corrected chi connectivity index (χ0v) is 13.8. The van der Waals surface area contributed by atoms with Crippen molar-refractivity contribution in [3.8, 4) is 17.2 Å². The van der Waals surface area contributed by atoms with Crippen molar-refractivity contribution >= 4 is 5.97 Å². The van der Waals surface area contributed by atoms with Crippen LogP contribution in [0, 0.1) is 5.92 Å². The molecule has 6 heteroatoms. The smallest absolute Gasteiger partial charge is 0.312 e. The van der Waals surface area contributed by atoms with Crippen molar-refractivity contribution in [3.63, 3.8) is 0 Å². The van der Waals surface area contributed by atoms with Crippen LogP contribution in [0.15, 0.2) is 35.3 Å². The van der Waals surface area contributed by atoms with Crippen LogP contribution in [0.1, 0.15) is 31.2 Å². The van der Waals surface area contributed by atoms with Gasteiger partial charge in [-0.05, 0) is 12.0 Å². The predicted molar refractivity (Wildman–Crippen MR) is 86.2 cm³/mol. The molecule has 0 spiro atoms. The largest absolute Gasteiger partial charge is 0.508 e. The first kappa shape index (κ1) is 16.2. The Morgan fingerprint density at radius 1 is 1.17 bits per heavy atom. The van der Waals surface area contributed by atoms with E-state index in [1.807, 2.05) is 6.92 Å². The van der Waals surface area contributed by atoms with Crippen molar-refractivity contribution in [1.82, 2.24) is 0 Å². The molecule has 0 fully saturated rings. The molecular formula is C18H20O6. The molecule has 2 atom stereocenters. The maximum Gasteiger partial charge on any atom is 0.312 e. The van der Waals surface area contributed by atoms with Crippen molar-refractivity contribution in [2.75, 3.05) is 14.2 Å². The average Bonchev–Trinajstić information content (AvgIpc) is 2.53. The van der Waals surface area contributed by atoms with Crippen LogP contribution in [0.5, 0.6) is 17.2 Å². The summed E-state index contributed by atoms with van der Waals surface area (Å²) >= 11 is 0. The Hall–Kier alpha value is -2.63. The van der Waals surface area contributed by atoms with E-state index in [1.54, 1.807) is 6.08 Å². The van der Waals surface area contributed by atoms with Gasteiger partial charge in [0, 0.05) is 30.0 Å². The number of fused-ring (bicyclic) bond motifs is 1. The van der Waals surface area contributed by atoms with Crippen LogP contribution in [0.4, 0.5) is 0 Å². The Kier molecular flexibility index (Phi) is 4.13. The number of aliphatic hydroxyl groups is 1. The summed E-state index contributed by atoms with van der Waals surface area (Å²) < 4.78 is 15.9. The lowest BCUT2D eigenvalue weighted by atomic mass is 9.76. The van der Waals surface area contributed by atoms with Gasteiger partial charge in [0.05, 0.1) is 20.6 Å². The first-order valence-electron chi connectivity index (χ1n) is 7.73. The van der Waals surface area contributed by atoms with E-state index in [0.717, 1.165) is 11.1 Å². The van der Waals surface area contributed by atoms with Gasteiger partial charge in [-0.1, -0.05) is 12.5 Å². The third kappa shape index (κ3) is 2.68. The molecule has 1 unspecified atom stereocenters. The Labute approximate surface area is 140 Å². The molecule has 1 aliphatic heterocycles. The van der Waals surface area contributed by atoms with Crippen molar-refractivity contribution in [1.29, 1.82) is 0 Å². The van der Waals surface area contributed by atoms with E-state index < -0.39 is 0 Å². The van der Waals surface area contributed by atoms with Gasteiger partial charge in [0.2, 0.25) is 0 Å². The van der Waals surface area contributed by atoms with Crippen LogP contribution in [0.2, 0.25) is 0 Å².